The van der Waals surface area contributed by atoms with Crippen LogP contribution in [0.3, 0.4) is 0 Å². The number of hydrogen-bond acceptors (Lipinski definition) is 8. The van der Waals surface area contributed by atoms with E-state index in [-0.39, 0.29) is 12.5 Å². The first-order valence-electron chi connectivity index (χ1n) is 30.0. The molecule has 0 aromatic carbocycles. The Bertz CT molecular complexity index is 1300. The molecule has 0 spiro atoms. The lowest BCUT2D eigenvalue weighted by molar-refractivity contribution is -0.302. The van der Waals surface area contributed by atoms with Crippen molar-refractivity contribution in [2.24, 2.45) is 0 Å². The molecule has 0 saturated carbocycles. The van der Waals surface area contributed by atoms with E-state index >= 15 is 0 Å². The average Bonchev–Trinajstić information content (AvgIpc) is 3.37. The van der Waals surface area contributed by atoms with Crippen molar-refractivity contribution < 1.29 is 39.8 Å². The molecule has 71 heavy (non-hydrogen) atoms. The van der Waals surface area contributed by atoms with E-state index in [2.05, 4.69) is 67.8 Å². The Morgan fingerprint density at radius 1 is 0.479 bits per heavy atom. The van der Waals surface area contributed by atoms with E-state index in [9.17, 15) is 30.3 Å². The molecule has 0 aromatic heterocycles. The summed E-state index contributed by atoms with van der Waals surface area (Å²) < 4.78 is 11.3. The molecule has 6 N–H and O–H groups in total. The maximum absolute atomic E-state index is 13.0. The third kappa shape index (κ3) is 40.9. The van der Waals surface area contributed by atoms with Crippen LogP contribution in [0.1, 0.15) is 271 Å². The summed E-state index contributed by atoms with van der Waals surface area (Å²) in [6.07, 6.45) is 63.0. The third-order valence-corrected chi connectivity index (χ3v) is 14.1. The fourth-order valence-electron chi connectivity index (χ4n) is 9.30. The molecule has 414 valence electrons. The van der Waals surface area contributed by atoms with Crippen LogP contribution in [0.25, 0.3) is 0 Å². The second-order valence-corrected chi connectivity index (χ2v) is 20.8. The molecule has 1 heterocycles. The van der Waals surface area contributed by atoms with Crippen molar-refractivity contribution in [3.63, 3.8) is 0 Å². The molecule has 0 bridgehead atoms. The van der Waals surface area contributed by atoms with Crippen LogP contribution in [-0.2, 0) is 14.3 Å². The minimum Gasteiger partial charge on any atom is -0.394 e. The molecule has 1 aliphatic heterocycles. The Morgan fingerprint density at radius 3 is 1.31 bits per heavy atom. The van der Waals surface area contributed by atoms with Crippen molar-refractivity contribution in [2.75, 3.05) is 13.2 Å². The first kappa shape index (κ1) is 66.9. The molecule has 1 saturated heterocycles. The molecular weight excluding hydrogens is 887 g/mol. The number of aliphatic hydroxyl groups excluding tert-OH is 5. The average molecular weight is 1000 g/mol. The highest BCUT2D eigenvalue weighted by molar-refractivity contribution is 5.76. The van der Waals surface area contributed by atoms with Crippen LogP contribution in [0, 0.1) is 0 Å². The second kappa shape index (κ2) is 51.4. The topological polar surface area (TPSA) is 149 Å². The molecule has 7 atom stereocenters. The van der Waals surface area contributed by atoms with E-state index in [1.54, 1.807) is 6.08 Å². The molecule has 7 unspecified atom stereocenters. The van der Waals surface area contributed by atoms with Gasteiger partial charge in [-0.25, -0.2) is 0 Å². The maximum Gasteiger partial charge on any atom is 0.220 e. The number of amides is 1. The van der Waals surface area contributed by atoms with Crippen molar-refractivity contribution >= 4 is 5.91 Å². The summed E-state index contributed by atoms with van der Waals surface area (Å²) in [6, 6.07) is -0.832. The van der Waals surface area contributed by atoms with Crippen molar-refractivity contribution in [2.45, 2.75) is 314 Å². The molecular formula is C62H113NO8. The van der Waals surface area contributed by atoms with E-state index in [1.807, 2.05) is 6.08 Å². The number of aliphatic hydroxyl groups is 5. The van der Waals surface area contributed by atoms with Crippen LogP contribution in [0.5, 0.6) is 0 Å². The number of rotatable bonds is 51. The van der Waals surface area contributed by atoms with Crippen LogP contribution in [-0.4, -0.2) is 87.5 Å². The smallest absolute Gasteiger partial charge is 0.220 e. The van der Waals surface area contributed by atoms with Gasteiger partial charge < -0.3 is 40.3 Å². The lowest BCUT2D eigenvalue weighted by Gasteiger charge is -2.40. The quantitative estimate of drug-likeness (QED) is 0.0261. The Hall–Kier alpha value is -2.11. The number of allylic oxidation sites excluding steroid dienone is 9. The van der Waals surface area contributed by atoms with Gasteiger partial charge in [0.25, 0.3) is 0 Å². The van der Waals surface area contributed by atoms with E-state index in [4.69, 9.17) is 9.47 Å². The summed E-state index contributed by atoms with van der Waals surface area (Å²) in [5, 5.41) is 54.5. The fraction of sp³-hybridized carbons (Fsp3) is 0.823. The molecule has 0 aliphatic carbocycles. The number of nitrogens with one attached hydrogen (secondary N) is 1. The van der Waals surface area contributed by atoms with Gasteiger partial charge in [0.2, 0.25) is 5.91 Å². The summed E-state index contributed by atoms with van der Waals surface area (Å²) in [5.41, 5.74) is 0. The van der Waals surface area contributed by atoms with Gasteiger partial charge in [-0.05, 0) is 70.6 Å². The van der Waals surface area contributed by atoms with E-state index in [0.29, 0.717) is 6.42 Å². The lowest BCUT2D eigenvalue weighted by atomic mass is 9.99. The monoisotopic (exact) mass is 1000 g/mol. The lowest BCUT2D eigenvalue weighted by Crippen LogP contribution is -2.60. The van der Waals surface area contributed by atoms with Gasteiger partial charge in [-0.1, -0.05) is 254 Å². The highest BCUT2D eigenvalue weighted by atomic mass is 16.7. The van der Waals surface area contributed by atoms with Crippen molar-refractivity contribution in [3.05, 3.63) is 60.8 Å². The molecule has 9 nitrogen and oxygen atoms in total. The maximum atomic E-state index is 13.0. The molecule has 0 radical (unpaired) electrons. The van der Waals surface area contributed by atoms with Crippen LogP contribution in [0.2, 0.25) is 0 Å². The van der Waals surface area contributed by atoms with Crippen LogP contribution in [0.4, 0.5) is 0 Å². The minimum absolute atomic E-state index is 0.199. The first-order chi connectivity index (χ1) is 34.8. The third-order valence-electron chi connectivity index (χ3n) is 14.1. The molecule has 9 heteroatoms. The van der Waals surface area contributed by atoms with Gasteiger partial charge in [0.1, 0.15) is 24.4 Å². The predicted octanol–water partition coefficient (Wildman–Crippen LogP) is 15.1. The Morgan fingerprint density at radius 2 is 0.845 bits per heavy atom. The number of carbonyl (C=O) groups excluding carboxylic acids is 1. The fourth-order valence-corrected chi connectivity index (χ4v) is 9.30. The van der Waals surface area contributed by atoms with Gasteiger partial charge in [-0.3, -0.25) is 4.79 Å². The predicted molar refractivity (Wildman–Crippen MR) is 299 cm³/mol. The van der Waals surface area contributed by atoms with Crippen molar-refractivity contribution in [1.29, 1.82) is 0 Å². The minimum atomic E-state index is -1.58. The van der Waals surface area contributed by atoms with Gasteiger partial charge in [-0.15, -0.1) is 0 Å². The highest BCUT2D eigenvalue weighted by Gasteiger charge is 2.44. The Kier molecular flexibility index (Phi) is 48.4. The normalized spacial score (nSPS) is 19.7. The summed E-state index contributed by atoms with van der Waals surface area (Å²) in [4.78, 5) is 13.0. The van der Waals surface area contributed by atoms with Crippen molar-refractivity contribution in [1.82, 2.24) is 5.32 Å². The summed E-state index contributed by atoms with van der Waals surface area (Å²) in [6.45, 7) is 3.75. The van der Waals surface area contributed by atoms with Crippen LogP contribution in [0.15, 0.2) is 60.8 Å². The van der Waals surface area contributed by atoms with Gasteiger partial charge >= 0.3 is 0 Å². The van der Waals surface area contributed by atoms with E-state index in [1.165, 1.54) is 186 Å². The molecule has 1 aliphatic rings. The molecule has 1 amide bonds. The SMILES string of the molecule is CCCCC/C=C\C/C=C\C/C=C\CCCCCCCCC(=O)NC(COC1OC(CO)C(O)C(O)C1O)C(O)/C=C/CC/C=C/CCCCCCCCCCCCCCCCCCCCCCCCC. The Labute approximate surface area is 436 Å². The largest absolute Gasteiger partial charge is 0.394 e. The number of ether oxygens (including phenoxy) is 2. The zero-order valence-electron chi connectivity index (χ0n) is 46.0. The highest BCUT2D eigenvalue weighted by Crippen LogP contribution is 2.23. The Balaban J connectivity index is 2.23. The zero-order chi connectivity index (χ0) is 51.5. The van der Waals surface area contributed by atoms with Gasteiger partial charge in [0.05, 0.1) is 25.4 Å². The first-order valence-corrected chi connectivity index (χ1v) is 30.0. The second-order valence-electron chi connectivity index (χ2n) is 20.8. The van der Waals surface area contributed by atoms with E-state index in [0.717, 1.165) is 64.2 Å². The van der Waals surface area contributed by atoms with E-state index < -0.39 is 49.5 Å². The molecule has 1 fully saturated rings. The molecule has 0 aromatic rings. The summed E-state index contributed by atoms with van der Waals surface area (Å²) in [5.74, 6) is -0.199. The number of unbranched alkanes of at least 4 members (excludes halogenated alkanes) is 33. The van der Waals surface area contributed by atoms with Gasteiger partial charge in [0, 0.05) is 6.42 Å². The summed E-state index contributed by atoms with van der Waals surface area (Å²) >= 11 is 0. The van der Waals surface area contributed by atoms with Crippen molar-refractivity contribution in [3.8, 4) is 0 Å². The van der Waals surface area contributed by atoms with Gasteiger partial charge in [0.15, 0.2) is 6.29 Å². The summed E-state index contributed by atoms with van der Waals surface area (Å²) in [7, 11) is 0. The van der Waals surface area contributed by atoms with Gasteiger partial charge in [-0.2, -0.15) is 0 Å². The van der Waals surface area contributed by atoms with Crippen LogP contribution < -0.4 is 5.32 Å². The standard InChI is InChI=1S/C62H113NO8/c1-3-5-7-9-11-13-15-17-19-21-23-24-25-26-27-28-29-30-31-32-34-35-37-39-41-43-45-47-49-51-56(65)55(54-70-62-61(69)60(68)59(67)57(53-64)71-62)63-58(66)52-50-48-46-44-42-40-38-36-33-22-20-18-16-14-12-10-8-6-4-2/h12,14,18,20,33,36,41,43,49,51,55-57,59-62,64-65,67-69H,3-11,13,15-17,19,21-32,34-35,37-40,42,44-48,50,52-54H2,1-2H3,(H,63,66)/b14-12-,20-18-,36-33-,43-41+,51-49+. The zero-order valence-corrected chi connectivity index (χ0v) is 46.0. The number of carbonyl (C=O) groups is 1. The number of hydrogen-bond donors (Lipinski definition) is 6. The molecule has 1 rings (SSSR count). The van der Waals surface area contributed by atoms with Crippen LogP contribution >= 0.6 is 0 Å².